The highest BCUT2D eigenvalue weighted by Crippen LogP contribution is 3.02. The normalized spacial score (nSPS) is 32.8. The van der Waals surface area contributed by atoms with E-state index in [9.17, 15) is 23.8 Å². The summed E-state index contributed by atoms with van der Waals surface area (Å²) < 4.78 is 75.4. The maximum atomic E-state index is 13.7. The molecule has 2 N–H and O–H groups in total. The molecule has 0 aliphatic heterocycles. The molecule has 1 aromatic carbocycles. The third-order valence-corrected chi connectivity index (χ3v) is 3.89. The van der Waals surface area contributed by atoms with Gasteiger partial charge < -0.3 is 5.73 Å². The van der Waals surface area contributed by atoms with Crippen LogP contribution in [0, 0.1) is 0 Å². The summed E-state index contributed by atoms with van der Waals surface area (Å²) in [6.45, 7) is 0. The summed E-state index contributed by atoms with van der Waals surface area (Å²) >= 11 is 0. The van der Waals surface area contributed by atoms with Gasteiger partial charge in [0.1, 0.15) is 4.90 Å². The minimum absolute atomic E-state index is 0.0112. The molecule has 8 heteroatoms. The zero-order valence-corrected chi connectivity index (χ0v) is 9.16. The predicted molar refractivity (Wildman–Crippen MR) is 53.2 cm³/mol. The predicted octanol–water partition coefficient (Wildman–Crippen LogP) is 4.24. The topological polar surface area (TPSA) is 26.0 Å². The highest BCUT2D eigenvalue weighted by atomic mass is 32.5. The van der Waals surface area contributed by atoms with Gasteiger partial charge in [0.15, 0.2) is 5.67 Å². The van der Waals surface area contributed by atoms with E-state index in [-0.39, 0.29) is 24.1 Å². The minimum atomic E-state index is -9.67. The van der Waals surface area contributed by atoms with Gasteiger partial charge in [-0.1, -0.05) is 31.6 Å². The Morgan fingerprint density at radius 2 is 1.47 bits per heavy atom. The third kappa shape index (κ3) is 2.23. The second kappa shape index (κ2) is 2.59. The number of hydrogen-bond acceptors (Lipinski definition) is 1. The molecule has 0 spiro atoms. The van der Waals surface area contributed by atoms with Crippen LogP contribution in [0.25, 0.3) is 0 Å². The maximum absolute atomic E-state index is 13.7. The van der Waals surface area contributed by atoms with Gasteiger partial charge >= 0.3 is 10.2 Å². The van der Waals surface area contributed by atoms with Crippen LogP contribution >= 0.6 is 10.2 Å². The lowest BCUT2D eigenvalue weighted by Crippen LogP contribution is -2.13. The van der Waals surface area contributed by atoms with Gasteiger partial charge in [-0.3, -0.25) is 0 Å². The maximum Gasteiger partial charge on any atom is 0.310 e. The van der Waals surface area contributed by atoms with E-state index in [0.717, 1.165) is 0 Å². The third-order valence-electron chi connectivity index (χ3n) is 2.72. The lowest BCUT2D eigenvalue weighted by Gasteiger charge is -2.40. The van der Waals surface area contributed by atoms with Crippen molar-refractivity contribution in [2.45, 2.75) is 23.0 Å². The molecule has 2 unspecified atom stereocenters. The Morgan fingerprint density at radius 1 is 1.06 bits per heavy atom. The lowest BCUT2D eigenvalue weighted by molar-refractivity contribution is 0.305. The van der Waals surface area contributed by atoms with Gasteiger partial charge in [0.05, 0.1) is 0 Å². The zero-order valence-electron chi connectivity index (χ0n) is 8.35. The van der Waals surface area contributed by atoms with Crippen LogP contribution in [0.15, 0.2) is 29.2 Å². The van der Waals surface area contributed by atoms with Gasteiger partial charge in [0, 0.05) is 12.5 Å². The standard InChI is InChI=1S/C9H9F6NS/c10-9(5-8(9)16)6-1-3-7(4-2-6)17(11,12,13,14)15/h1-4,8H,5,16H2. The average molecular weight is 277 g/mol. The van der Waals surface area contributed by atoms with E-state index < -0.39 is 26.8 Å². The molecule has 0 bridgehead atoms. The van der Waals surface area contributed by atoms with Crippen LogP contribution in [-0.2, 0) is 5.67 Å². The van der Waals surface area contributed by atoms with E-state index in [0.29, 0.717) is 12.1 Å². The molecule has 1 nitrogen and oxygen atoms in total. The molecular formula is C9H9F6NS. The SMILES string of the molecule is NC1CC1(F)c1ccc(S(F)(F)(F)(F)F)cc1. The van der Waals surface area contributed by atoms with Gasteiger partial charge in [0.2, 0.25) is 0 Å². The van der Waals surface area contributed by atoms with Crippen LogP contribution in [0.2, 0.25) is 0 Å². The van der Waals surface area contributed by atoms with E-state index in [1.807, 2.05) is 0 Å². The Hall–Kier alpha value is -0.890. The quantitative estimate of drug-likeness (QED) is 0.804. The molecule has 17 heavy (non-hydrogen) atoms. The van der Waals surface area contributed by atoms with Crippen LogP contribution in [0.1, 0.15) is 12.0 Å². The molecule has 1 aliphatic carbocycles. The van der Waals surface area contributed by atoms with Crippen molar-refractivity contribution in [2.24, 2.45) is 5.73 Å². The highest BCUT2D eigenvalue weighted by Gasteiger charge is 2.65. The van der Waals surface area contributed by atoms with Crippen molar-refractivity contribution in [2.75, 3.05) is 0 Å². The van der Waals surface area contributed by atoms with Crippen molar-refractivity contribution < 1.29 is 23.8 Å². The Balaban J connectivity index is 2.39. The Bertz CT molecular complexity index is 466. The molecule has 1 fully saturated rings. The van der Waals surface area contributed by atoms with Crippen LogP contribution in [0.5, 0.6) is 0 Å². The number of alkyl halides is 1. The van der Waals surface area contributed by atoms with Crippen molar-refractivity contribution in [3.63, 3.8) is 0 Å². The molecule has 1 aromatic rings. The number of halogens is 6. The Morgan fingerprint density at radius 3 is 1.76 bits per heavy atom. The highest BCUT2D eigenvalue weighted by molar-refractivity contribution is 8.45. The van der Waals surface area contributed by atoms with Crippen molar-refractivity contribution in [1.82, 2.24) is 0 Å². The monoisotopic (exact) mass is 277 g/mol. The number of hydrogen-bond donors (Lipinski definition) is 1. The molecule has 2 atom stereocenters. The van der Waals surface area contributed by atoms with Gasteiger partial charge in [-0.25, -0.2) is 4.39 Å². The fraction of sp³-hybridized carbons (Fsp3) is 0.333. The summed E-state index contributed by atoms with van der Waals surface area (Å²) in [6, 6.07) is 1.03. The molecule has 1 saturated carbocycles. The van der Waals surface area contributed by atoms with E-state index in [1.165, 1.54) is 0 Å². The first-order valence-corrected chi connectivity index (χ1v) is 6.57. The zero-order chi connectivity index (χ0) is 13.2. The number of nitrogens with two attached hydrogens (primary N) is 1. The molecule has 2 rings (SSSR count). The van der Waals surface area contributed by atoms with Crippen molar-refractivity contribution in [3.05, 3.63) is 29.8 Å². The molecule has 0 heterocycles. The number of rotatable bonds is 2. The van der Waals surface area contributed by atoms with Crippen molar-refractivity contribution in [1.29, 1.82) is 0 Å². The fourth-order valence-corrected chi connectivity index (χ4v) is 2.23. The van der Waals surface area contributed by atoms with E-state index in [2.05, 4.69) is 0 Å². The fourth-order valence-electron chi connectivity index (χ4n) is 1.58. The van der Waals surface area contributed by atoms with Crippen LogP contribution in [0.3, 0.4) is 0 Å². The molecule has 0 radical (unpaired) electrons. The summed E-state index contributed by atoms with van der Waals surface area (Å²) in [5.41, 5.74) is 3.29. The van der Waals surface area contributed by atoms with Gasteiger partial charge in [-0.05, 0) is 17.7 Å². The summed E-state index contributed by atoms with van der Waals surface area (Å²) in [4.78, 5) is -2.02. The van der Waals surface area contributed by atoms with Crippen LogP contribution in [-0.4, -0.2) is 6.04 Å². The second-order valence-electron chi connectivity index (χ2n) is 4.17. The van der Waals surface area contributed by atoms with E-state index in [1.54, 1.807) is 0 Å². The molecule has 0 aromatic heterocycles. The van der Waals surface area contributed by atoms with Crippen LogP contribution in [0.4, 0.5) is 23.8 Å². The Labute approximate surface area is 93.3 Å². The summed E-state index contributed by atoms with van der Waals surface area (Å²) in [6.07, 6.45) is -0.0112. The van der Waals surface area contributed by atoms with Gasteiger partial charge in [-0.2, -0.15) is 0 Å². The second-order valence-corrected chi connectivity index (χ2v) is 6.58. The van der Waals surface area contributed by atoms with E-state index in [4.69, 9.17) is 5.73 Å². The van der Waals surface area contributed by atoms with Crippen molar-refractivity contribution >= 4 is 10.2 Å². The van der Waals surface area contributed by atoms with E-state index >= 15 is 0 Å². The Kier molecular flexibility index (Phi) is 1.91. The van der Waals surface area contributed by atoms with Crippen LogP contribution < -0.4 is 5.73 Å². The lowest BCUT2D eigenvalue weighted by atomic mass is 10.1. The van der Waals surface area contributed by atoms with Gasteiger partial charge in [0.25, 0.3) is 0 Å². The first-order valence-electron chi connectivity index (χ1n) is 4.62. The minimum Gasteiger partial charge on any atom is -0.325 e. The molecule has 0 saturated heterocycles. The van der Waals surface area contributed by atoms with Crippen molar-refractivity contribution in [3.8, 4) is 0 Å². The summed E-state index contributed by atoms with van der Waals surface area (Å²) in [5.74, 6) is 0. The number of benzene rings is 1. The average Bonchev–Trinajstić information content (AvgIpc) is 2.73. The first-order chi connectivity index (χ1) is 7.33. The largest absolute Gasteiger partial charge is 0.325 e. The first kappa shape index (κ1) is 12.6. The smallest absolute Gasteiger partial charge is 0.310 e. The summed E-state index contributed by atoms with van der Waals surface area (Å²) in [7, 11) is -9.67. The summed E-state index contributed by atoms with van der Waals surface area (Å²) in [5, 5.41) is 0. The van der Waals surface area contributed by atoms with Gasteiger partial charge in [-0.15, -0.1) is 0 Å². The molecule has 98 valence electrons. The molecule has 1 aliphatic rings. The molecular weight excluding hydrogens is 268 g/mol. The molecule has 0 amide bonds.